The molecule has 2 N–H and O–H groups in total. The van der Waals surface area contributed by atoms with Gasteiger partial charge in [0.05, 0.1) is 15.6 Å². The molecule has 2 aromatic rings. The molecule has 0 aliphatic rings. The van der Waals surface area contributed by atoms with Crippen LogP contribution in [0.25, 0.3) is 0 Å². The zero-order chi connectivity index (χ0) is 14.8. The number of benzene rings is 2. The van der Waals surface area contributed by atoms with Crippen molar-refractivity contribution < 1.29 is 42.5 Å². The molecular weight excluding hydrogens is 325 g/mol. The summed E-state index contributed by atoms with van der Waals surface area (Å²) in [6, 6.07) is 10.0. The molecule has 0 amide bonds. The fourth-order valence-corrected chi connectivity index (χ4v) is 2.02. The third-order valence-corrected chi connectivity index (χ3v) is 3.52. The molecule has 0 unspecified atom stereocenters. The molecule has 0 saturated heterocycles. The smallest absolute Gasteiger partial charge is 0.744 e. The molecule has 2 rings (SSSR count). The van der Waals surface area contributed by atoms with Crippen LogP contribution in [0.2, 0.25) is 5.02 Å². The molecule has 0 bridgehead atoms. The first-order chi connectivity index (χ1) is 9.36. The fraction of sp³-hybridized carbons (Fsp3) is 0. The molecule has 0 spiro atoms. The Morgan fingerprint density at radius 1 is 1.05 bits per heavy atom. The first-order valence-corrected chi connectivity index (χ1v) is 7.17. The van der Waals surface area contributed by atoms with E-state index in [1.807, 2.05) is 0 Å². The quantitative estimate of drug-likeness (QED) is 0.376. The number of hydrogen-bond acceptors (Lipinski definition) is 6. The van der Waals surface area contributed by atoms with Crippen molar-refractivity contribution in [2.45, 2.75) is 4.90 Å². The van der Waals surface area contributed by atoms with E-state index in [0.717, 1.165) is 12.1 Å². The molecule has 6 nitrogen and oxygen atoms in total. The third kappa shape index (κ3) is 5.06. The van der Waals surface area contributed by atoms with E-state index in [9.17, 15) is 13.0 Å². The molecule has 0 fully saturated rings. The molecule has 9 heteroatoms. The maximum atomic E-state index is 10.9. The van der Waals surface area contributed by atoms with E-state index >= 15 is 0 Å². The topological polar surface area (TPSA) is 108 Å². The Morgan fingerprint density at radius 2 is 1.67 bits per heavy atom. The van der Waals surface area contributed by atoms with E-state index in [-0.39, 0.29) is 40.3 Å². The predicted octanol–water partition coefficient (Wildman–Crippen LogP) is 0.246. The molecule has 0 aliphatic carbocycles. The Morgan fingerprint density at radius 3 is 2.24 bits per heavy atom. The second-order valence-electron chi connectivity index (χ2n) is 3.86. The summed E-state index contributed by atoms with van der Waals surface area (Å²) in [5, 5.41) is 7.91. The summed E-state index contributed by atoms with van der Waals surface area (Å²) in [7, 11) is -4.56. The van der Waals surface area contributed by atoms with Crippen LogP contribution in [0, 0.1) is 0 Å². The van der Waals surface area contributed by atoms with Gasteiger partial charge in [0.15, 0.2) is 0 Å². The largest absolute Gasteiger partial charge is 1.00 e. The van der Waals surface area contributed by atoms with Gasteiger partial charge in [0.1, 0.15) is 15.8 Å². The molecule has 104 valence electrons. The summed E-state index contributed by atoms with van der Waals surface area (Å²) in [5.41, 5.74) is 6.73. The van der Waals surface area contributed by atoms with E-state index in [2.05, 4.69) is 10.2 Å². The van der Waals surface area contributed by atoms with Gasteiger partial charge in [-0.2, -0.15) is 5.11 Å². The van der Waals surface area contributed by atoms with Crippen molar-refractivity contribution in [2.24, 2.45) is 10.2 Å². The summed E-state index contributed by atoms with van der Waals surface area (Å²) in [5.74, 6) is 0. The minimum Gasteiger partial charge on any atom is -0.744 e. The number of anilines is 1. The van der Waals surface area contributed by atoms with E-state index in [4.69, 9.17) is 17.3 Å². The van der Waals surface area contributed by atoms with Crippen LogP contribution in [-0.2, 0) is 10.1 Å². The maximum absolute atomic E-state index is 10.9. The number of nitrogens with two attached hydrogens (primary N) is 1. The molecular formula is C12H9ClN3NaO3S. The van der Waals surface area contributed by atoms with Crippen molar-refractivity contribution in [2.75, 3.05) is 5.73 Å². The average Bonchev–Trinajstić information content (AvgIpc) is 2.38. The molecule has 0 aromatic heterocycles. The van der Waals surface area contributed by atoms with Crippen molar-refractivity contribution in [1.29, 1.82) is 0 Å². The van der Waals surface area contributed by atoms with Crippen molar-refractivity contribution in [3.05, 3.63) is 47.5 Å². The summed E-state index contributed by atoms with van der Waals surface area (Å²) < 4.78 is 32.8. The third-order valence-electron chi connectivity index (χ3n) is 2.37. The van der Waals surface area contributed by atoms with E-state index < -0.39 is 15.0 Å². The van der Waals surface area contributed by atoms with Gasteiger partial charge in [-0.25, -0.2) is 8.42 Å². The van der Waals surface area contributed by atoms with E-state index in [1.54, 1.807) is 24.3 Å². The summed E-state index contributed by atoms with van der Waals surface area (Å²) in [4.78, 5) is -0.409. The predicted molar refractivity (Wildman–Crippen MR) is 74.4 cm³/mol. The van der Waals surface area contributed by atoms with Crippen LogP contribution in [0.1, 0.15) is 0 Å². The summed E-state index contributed by atoms with van der Waals surface area (Å²) in [6.07, 6.45) is 0. The average molecular weight is 334 g/mol. The van der Waals surface area contributed by atoms with Gasteiger partial charge in [0.25, 0.3) is 0 Å². The van der Waals surface area contributed by atoms with E-state index in [0.29, 0.717) is 11.4 Å². The minimum atomic E-state index is -4.56. The Balaban J connectivity index is 0.00000220. The van der Waals surface area contributed by atoms with Gasteiger partial charge in [-0.15, -0.1) is 5.11 Å². The van der Waals surface area contributed by atoms with Crippen molar-refractivity contribution in [3.63, 3.8) is 0 Å². The zero-order valence-corrected chi connectivity index (χ0v) is 14.6. The monoisotopic (exact) mass is 333 g/mol. The standard InChI is InChI=1S/C12H10ClN3O3S.Na/c13-11-6-5-10(20(17,18)19)7-12(11)16-15-9-3-1-8(14)2-4-9;/h1-7H,14H2,(H,17,18,19);/q;+1/p-1. The van der Waals surface area contributed by atoms with Gasteiger partial charge >= 0.3 is 29.6 Å². The molecule has 21 heavy (non-hydrogen) atoms. The molecule has 0 atom stereocenters. The summed E-state index contributed by atoms with van der Waals surface area (Å²) in [6.45, 7) is 0. The van der Waals surface area contributed by atoms with Crippen LogP contribution in [0.5, 0.6) is 0 Å². The van der Waals surface area contributed by atoms with Crippen LogP contribution in [-0.4, -0.2) is 13.0 Å². The normalized spacial score (nSPS) is 11.3. The van der Waals surface area contributed by atoms with Crippen molar-refractivity contribution in [1.82, 2.24) is 0 Å². The van der Waals surface area contributed by atoms with Gasteiger partial charge in [0, 0.05) is 5.69 Å². The zero-order valence-electron chi connectivity index (χ0n) is 11.0. The van der Waals surface area contributed by atoms with Crippen LogP contribution in [0.15, 0.2) is 57.6 Å². The first kappa shape index (κ1) is 18.1. The van der Waals surface area contributed by atoms with Crippen molar-refractivity contribution in [3.8, 4) is 0 Å². The fourth-order valence-electron chi connectivity index (χ4n) is 1.38. The van der Waals surface area contributed by atoms with E-state index in [1.165, 1.54) is 6.07 Å². The van der Waals surface area contributed by atoms with Crippen LogP contribution < -0.4 is 35.3 Å². The van der Waals surface area contributed by atoms with Crippen LogP contribution >= 0.6 is 11.6 Å². The number of nitrogen functional groups attached to an aromatic ring is 1. The van der Waals surface area contributed by atoms with Crippen LogP contribution in [0.3, 0.4) is 0 Å². The van der Waals surface area contributed by atoms with Crippen molar-refractivity contribution >= 4 is 38.8 Å². The molecule has 0 saturated carbocycles. The van der Waals surface area contributed by atoms with Crippen LogP contribution in [0.4, 0.5) is 17.1 Å². The Labute approximate surface area is 149 Å². The molecule has 0 aliphatic heterocycles. The number of azo groups is 1. The maximum Gasteiger partial charge on any atom is 1.00 e. The second-order valence-corrected chi connectivity index (χ2v) is 5.65. The Bertz CT molecular complexity index is 764. The second kappa shape index (κ2) is 7.35. The number of nitrogens with zero attached hydrogens (tertiary/aromatic N) is 2. The van der Waals surface area contributed by atoms with Gasteiger partial charge in [0.2, 0.25) is 0 Å². The van der Waals surface area contributed by atoms with Gasteiger partial charge in [-0.3, -0.25) is 0 Å². The molecule has 2 aromatic carbocycles. The number of hydrogen-bond donors (Lipinski definition) is 1. The van der Waals surface area contributed by atoms with Gasteiger partial charge in [-0.05, 0) is 42.5 Å². The number of rotatable bonds is 3. The SMILES string of the molecule is Nc1ccc(N=Nc2cc(S(=O)(=O)[O-])ccc2Cl)cc1.[Na+]. The minimum absolute atomic E-state index is 0. The Hall–Kier alpha value is -0.960. The molecule has 0 heterocycles. The summed E-state index contributed by atoms with van der Waals surface area (Å²) >= 11 is 5.87. The van der Waals surface area contributed by atoms with Gasteiger partial charge in [-0.1, -0.05) is 11.6 Å². The Kier molecular flexibility index (Phi) is 6.33. The number of halogens is 1. The molecule has 0 radical (unpaired) electrons. The first-order valence-electron chi connectivity index (χ1n) is 5.39. The van der Waals surface area contributed by atoms with Gasteiger partial charge < -0.3 is 10.3 Å².